The Morgan fingerprint density at radius 2 is 1.83 bits per heavy atom. The number of carbonyl (C=O) groups excluding carboxylic acids is 4. The molecule has 1 aromatic heterocycles. The number of nitrogens with one attached hydrogen (secondary N) is 1. The van der Waals surface area contributed by atoms with E-state index in [1.54, 1.807) is 30.3 Å². The Bertz CT molecular complexity index is 1410. The molecule has 36 heavy (non-hydrogen) atoms. The predicted molar refractivity (Wildman–Crippen MR) is 138 cm³/mol. The fourth-order valence-electron chi connectivity index (χ4n) is 3.63. The summed E-state index contributed by atoms with van der Waals surface area (Å²) < 4.78 is 10.5. The molecule has 3 aromatic rings. The van der Waals surface area contributed by atoms with Gasteiger partial charge in [-0.1, -0.05) is 29.8 Å². The first-order chi connectivity index (χ1) is 17.2. The number of hydrogen-bond donors (Lipinski definition) is 1. The lowest BCUT2D eigenvalue weighted by atomic mass is 10.1. The zero-order chi connectivity index (χ0) is 26.0. The standard InChI is InChI=1S/C26H21ClN2O6S/c1-14-5-4-6-15(2)23(14)28-22(30)13-29-24(31)21(36-26(29)33)12-17-8-10-20(35-17)16-7-9-19(27)18(11-16)25(32)34-3/h4-12H,13H2,1-3H3,(H,28,30). The molecule has 0 unspecified atom stereocenters. The number of aryl methyl sites for hydroxylation is 2. The van der Waals surface area contributed by atoms with E-state index in [2.05, 4.69) is 5.32 Å². The van der Waals surface area contributed by atoms with Crippen molar-refractivity contribution >= 4 is 58.1 Å². The molecule has 0 bridgehead atoms. The first-order valence-corrected chi connectivity index (χ1v) is 12.0. The summed E-state index contributed by atoms with van der Waals surface area (Å²) in [6, 6.07) is 13.7. The Balaban J connectivity index is 1.49. The Morgan fingerprint density at radius 1 is 1.11 bits per heavy atom. The van der Waals surface area contributed by atoms with Crippen molar-refractivity contribution in [1.82, 2.24) is 4.90 Å². The molecule has 0 radical (unpaired) electrons. The Kier molecular flexibility index (Phi) is 7.32. The van der Waals surface area contributed by atoms with Crippen molar-refractivity contribution in [3.8, 4) is 11.3 Å². The van der Waals surface area contributed by atoms with Gasteiger partial charge in [0.2, 0.25) is 5.91 Å². The van der Waals surface area contributed by atoms with Gasteiger partial charge in [-0.2, -0.15) is 0 Å². The Morgan fingerprint density at radius 3 is 2.53 bits per heavy atom. The SMILES string of the molecule is COC(=O)c1cc(-c2ccc(C=C3SC(=O)N(CC(=O)Nc4c(C)cccc4C)C3=O)o2)ccc1Cl. The van der Waals surface area contributed by atoms with Crippen LogP contribution in [0.15, 0.2) is 57.9 Å². The molecule has 1 saturated heterocycles. The maximum Gasteiger partial charge on any atom is 0.339 e. The number of ether oxygens (including phenoxy) is 1. The van der Waals surface area contributed by atoms with Crippen LogP contribution in [-0.2, 0) is 14.3 Å². The fraction of sp³-hybridized carbons (Fsp3) is 0.154. The monoisotopic (exact) mass is 524 g/mol. The first-order valence-electron chi connectivity index (χ1n) is 10.8. The molecule has 10 heteroatoms. The number of anilines is 1. The number of nitrogens with zero attached hydrogens (tertiary/aromatic N) is 1. The second-order valence-corrected chi connectivity index (χ2v) is 9.37. The van der Waals surface area contributed by atoms with E-state index in [1.165, 1.54) is 13.2 Å². The molecule has 3 amide bonds. The number of esters is 1. The third kappa shape index (κ3) is 5.22. The summed E-state index contributed by atoms with van der Waals surface area (Å²) in [5.41, 5.74) is 3.19. The van der Waals surface area contributed by atoms with Gasteiger partial charge in [0.1, 0.15) is 18.1 Å². The molecule has 1 N–H and O–H groups in total. The van der Waals surface area contributed by atoms with Gasteiger partial charge in [0, 0.05) is 17.3 Å². The van der Waals surface area contributed by atoms with Crippen LogP contribution in [0.3, 0.4) is 0 Å². The van der Waals surface area contributed by atoms with Crippen LogP contribution in [0, 0.1) is 13.8 Å². The van der Waals surface area contributed by atoms with Crippen LogP contribution >= 0.6 is 23.4 Å². The van der Waals surface area contributed by atoms with Gasteiger partial charge in [0.15, 0.2) is 0 Å². The third-order valence-electron chi connectivity index (χ3n) is 5.48. The van der Waals surface area contributed by atoms with Gasteiger partial charge in [0.05, 0.1) is 22.6 Å². The van der Waals surface area contributed by atoms with E-state index in [0.717, 1.165) is 27.8 Å². The first kappa shape index (κ1) is 25.3. The number of benzene rings is 2. The third-order valence-corrected chi connectivity index (χ3v) is 6.71. The number of para-hydroxylation sites is 1. The number of imide groups is 1. The fourth-order valence-corrected chi connectivity index (χ4v) is 4.64. The van der Waals surface area contributed by atoms with Gasteiger partial charge in [0.25, 0.3) is 11.1 Å². The van der Waals surface area contributed by atoms with E-state index in [-0.39, 0.29) is 15.5 Å². The highest BCUT2D eigenvalue weighted by Gasteiger charge is 2.36. The summed E-state index contributed by atoms with van der Waals surface area (Å²) in [4.78, 5) is 50.8. The predicted octanol–water partition coefficient (Wildman–Crippen LogP) is 5.68. The van der Waals surface area contributed by atoms with Crippen molar-refractivity contribution in [1.29, 1.82) is 0 Å². The molecule has 1 fully saturated rings. The molecule has 0 saturated carbocycles. The number of furan rings is 1. The van der Waals surface area contributed by atoms with E-state index in [9.17, 15) is 19.2 Å². The maximum atomic E-state index is 12.8. The van der Waals surface area contributed by atoms with Crippen molar-refractivity contribution in [2.24, 2.45) is 0 Å². The number of rotatable bonds is 6. The highest BCUT2D eigenvalue weighted by molar-refractivity contribution is 8.18. The van der Waals surface area contributed by atoms with Crippen molar-refractivity contribution in [2.75, 3.05) is 19.0 Å². The van der Waals surface area contributed by atoms with Crippen molar-refractivity contribution in [2.45, 2.75) is 13.8 Å². The molecule has 0 spiro atoms. The average Bonchev–Trinajstić information content (AvgIpc) is 3.41. The zero-order valence-corrected chi connectivity index (χ0v) is 21.2. The summed E-state index contributed by atoms with van der Waals surface area (Å²) >= 11 is 6.80. The molecule has 8 nitrogen and oxygen atoms in total. The van der Waals surface area contributed by atoms with Crippen molar-refractivity contribution in [3.63, 3.8) is 0 Å². The van der Waals surface area contributed by atoms with Crippen LogP contribution in [0.1, 0.15) is 27.2 Å². The summed E-state index contributed by atoms with van der Waals surface area (Å²) in [6.45, 7) is 3.33. The summed E-state index contributed by atoms with van der Waals surface area (Å²) in [7, 11) is 1.26. The molecular weight excluding hydrogens is 504 g/mol. The lowest BCUT2D eigenvalue weighted by Gasteiger charge is -2.15. The van der Waals surface area contributed by atoms with Gasteiger partial charge >= 0.3 is 5.97 Å². The second-order valence-electron chi connectivity index (χ2n) is 7.97. The molecular formula is C26H21ClN2O6S. The number of thioether (sulfide) groups is 1. The lowest BCUT2D eigenvalue weighted by molar-refractivity contribution is -0.127. The minimum absolute atomic E-state index is 0.132. The minimum atomic E-state index is -0.584. The Hall–Kier alpha value is -3.82. The van der Waals surface area contributed by atoms with Crippen LogP contribution in [0.25, 0.3) is 17.4 Å². The summed E-state index contributed by atoms with van der Waals surface area (Å²) in [5, 5.41) is 2.48. The zero-order valence-electron chi connectivity index (χ0n) is 19.6. The lowest BCUT2D eigenvalue weighted by Crippen LogP contribution is -2.36. The van der Waals surface area contributed by atoms with Gasteiger partial charge in [-0.3, -0.25) is 19.3 Å². The van der Waals surface area contributed by atoms with Crippen LogP contribution in [-0.4, -0.2) is 41.6 Å². The molecule has 1 aliphatic rings. The van der Waals surface area contributed by atoms with Crippen molar-refractivity contribution < 1.29 is 28.3 Å². The molecule has 0 atom stereocenters. The number of halogens is 1. The molecule has 4 rings (SSSR count). The molecule has 2 heterocycles. The van der Waals surface area contributed by atoms with Crippen LogP contribution in [0.5, 0.6) is 0 Å². The van der Waals surface area contributed by atoms with Gasteiger partial charge in [-0.25, -0.2) is 4.79 Å². The second kappa shape index (κ2) is 10.4. The Labute approximate surface area is 216 Å². The summed E-state index contributed by atoms with van der Waals surface area (Å²) in [5.74, 6) is -0.885. The van der Waals surface area contributed by atoms with E-state index in [1.807, 2.05) is 32.0 Å². The maximum absolute atomic E-state index is 12.8. The highest BCUT2D eigenvalue weighted by Crippen LogP contribution is 2.34. The number of carbonyl (C=O) groups is 4. The summed E-state index contributed by atoms with van der Waals surface area (Å²) in [6.07, 6.45) is 1.44. The normalized spacial score (nSPS) is 14.4. The molecule has 2 aromatic carbocycles. The van der Waals surface area contributed by atoms with E-state index >= 15 is 0 Å². The van der Waals surface area contributed by atoms with Gasteiger partial charge < -0.3 is 14.5 Å². The number of methoxy groups -OCH3 is 1. The van der Waals surface area contributed by atoms with Crippen LogP contribution in [0.2, 0.25) is 5.02 Å². The van der Waals surface area contributed by atoms with E-state index < -0.39 is 29.6 Å². The van der Waals surface area contributed by atoms with Gasteiger partial charge in [-0.05, 0) is 67.1 Å². The highest BCUT2D eigenvalue weighted by atomic mass is 35.5. The molecule has 0 aliphatic carbocycles. The quantitative estimate of drug-likeness (QED) is 0.326. The smallest absolute Gasteiger partial charge is 0.339 e. The van der Waals surface area contributed by atoms with E-state index in [4.69, 9.17) is 20.8 Å². The minimum Gasteiger partial charge on any atom is -0.465 e. The molecule has 1 aliphatic heterocycles. The largest absolute Gasteiger partial charge is 0.465 e. The van der Waals surface area contributed by atoms with Crippen LogP contribution in [0.4, 0.5) is 10.5 Å². The average molecular weight is 525 g/mol. The molecule has 184 valence electrons. The van der Waals surface area contributed by atoms with Crippen molar-refractivity contribution in [3.05, 3.63) is 80.9 Å². The van der Waals surface area contributed by atoms with Gasteiger partial charge in [-0.15, -0.1) is 0 Å². The van der Waals surface area contributed by atoms with Crippen LogP contribution < -0.4 is 5.32 Å². The number of hydrogen-bond acceptors (Lipinski definition) is 7. The topological polar surface area (TPSA) is 106 Å². The number of amides is 3. The van der Waals surface area contributed by atoms with E-state index in [0.29, 0.717) is 22.8 Å².